The Morgan fingerprint density at radius 1 is 1.28 bits per heavy atom. The molecule has 0 spiro atoms. The standard InChI is InChI=1S/C14H14BrNO2/c1-9-3-6-13(15)12(7-9)14(17)16-8-11-5-4-10(2)18-11/h3-7H,8H2,1-2H3,(H,16,17). The van der Waals surface area contributed by atoms with E-state index >= 15 is 0 Å². The van der Waals surface area contributed by atoms with Gasteiger partial charge in [0, 0.05) is 4.47 Å². The second kappa shape index (κ2) is 5.40. The van der Waals surface area contributed by atoms with E-state index in [1.54, 1.807) is 0 Å². The molecule has 0 radical (unpaired) electrons. The van der Waals surface area contributed by atoms with Crippen LogP contribution < -0.4 is 5.32 Å². The molecule has 0 aliphatic heterocycles. The Labute approximate surface area is 114 Å². The number of hydrogen-bond acceptors (Lipinski definition) is 2. The highest BCUT2D eigenvalue weighted by Crippen LogP contribution is 2.18. The Kier molecular flexibility index (Phi) is 3.87. The molecule has 2 aromatic rings. The van der Waals surface area contributed by atoms with Gasteiger partial charge in [0.15, 0.2) is 0 Å². The molecule has 1 aromatic heterocycles. The van der Waals surface area contributed by atoms with Crippen molar-refractivity contribution in [3.8, 4) is 0 Å². The first-order valence-corrected chi connectivity index (χ1v) is 6.45. The largest absolute Gasteiger partial charge is 0.465 e. The number of furan rings is 1. The van der Waals surface area contributed by atoms with Gasteiger partial charge in [-0.2, -0.15) is 0 Å². The number of carbonyl (C=O) groups is 1. The number of aryl methyl sites for hydroxylation is 2. The first kappa shape index (κ1) is 12.9. The topological polar surface area (TPSA) is 42.2 Å². The summed E-state index contributed by atoms with van der Waals surface area (Å²) in [4.78, 5) is 12.0. The number of benzene rings is 1. The molecule has 0 saturated carbocycles. The van der Waals surface area contributed by atoms with Gasteiger partial charge in [0.25, 0.3) is 5.91 Å². The summed E-state index contributed by atoms with van der Waals surface area (Å²) >= 11 is 3.38. The van der Waals surface area contributed by atoms with Crippen molar-refractivity contribution in [3.05, 3.63) is 57.5 Å². The normalized spacial score (nSPS) is 10.4. The van der Waals surface area contributed by atoms with Gasteiger partial charge in [-0.25, -0.2) is 0 Å². The van der Waals surface area contributed by atoms with Crippen molar-refractivity contribution in [2.75, 3.05) is 0 Å². The average Bonchev–Trinajstić information content (AvgIpc) is 2.75. The predicted molar refractivity (Wildman–Crippen MR) is 73.5 cm³/mol. The molecule has 3 nitrogen and oxygen atoms in total. The van der Waals surface area contributed by atoms with E-state index in [9.17, 15) is 4.79 Å². The van der Waals surface area contributed by atoms with Crippen LogP contribution in [0.4, 0.5) is 0 Å². The molecule has 94 valence electrons. The van der Waals surface area contributed by atoms with Crippen molar-refractivity contribution < 1.29 is 9.21 Å². The highest BCUT2D eigenvalue weighted by atomic mass is 79.9. The third-order valence-corrected chi connectivity index (χ3v) is 3.28. The molecule has 0 aliphatic carbocycles. The Morgan fingerprint density at radius 2 is 2.06 bits per heavy atom. The van der Waals surface area contributed by atoms with Gasteiger partial charge < -0.3 is 9.73 Å². The molecule has 0 unspecified atom stereocenters. The smallest absolute Gasteiger partial charge is 0.252 e. The maximum Gasteiger partial charge on any atom is 0.252 e. The lowest BCUT2D eigenvalue weighted by Crippen LogP contribution is -2.23. The summed E-state index contributed by atoms with van der Waals surface area (Å²) < 4.78 is 6.19. The van der Waals surface area contributed by atoms with E-state index in [1.165, 1.54) is 0 Å². The molecule has 18 heavy (non-hydrogen) atoms. The van der Waals surface area contributed by atoms with Crippen LogP contribution in [0.5, 0.6) is 0 Å². The van der Waals surface area contributed by atoms with Gasteiger partial charge in [-0.3, -0.25) is 4.79 Å². The quantitative estimate of drug-likeness (QED) is 0.941. The molecule has 2 rings (SSSR count). The Hall–Kier alpha value is -1.55. The zero-order valence-corrected chi connectivity index (χ0v) is 11.9. The van der Waals surface area contributed by atoms with Gasteiger partial charge in [0.1, 0.15) is 11.5 Å². The summed E-state index contributed by atoms with van der Waals surface area (Å²) in [6, 6.07) is 9.43. The Balaban J connectivity index is 2.05. The average molecular weight is 308 g/mol. The molecular weight excluding hydrogens is 294 g/mol. The number of halogens is 1. The molecule has 0 atom stereocenters. The third kappa shape index (κ3) is 3.01. The fraction of sp³-hybridized carbons (Fsp3) is 0.214. The van der Waals surface area contributed by atoms with Crippen LogP contribution in [0.2, 0.25) is 0 Å². The van der Waals surface area contributed by atoms with E-state index in [0.717, 1.165) is 21.6 Å². The van der Waals surface area contributed by atoms with Crippen molar-refractivity contribution in [3.63, 3.8) is 0 Å². The van der Waals surface area contributed by atoms with Crippen LogP contribution >= 0.6 is 15.9 Å². The van der Waals surface area contributed by atoms with E-state index in [4.69, 9.17) is 4.42 Å². The van der Waals surface area contributed by atoms with Crippen LogP contribution in [0.3, 0.4) is 0 Å². The van der Waals surface area contributed by atoms with Crippen LogP contribution in [0.15, 0.2) is 39.2 Å². The summed E-state index contributed by atoms with van der Waals surface area (Å²) in [5.74, 6) is 1.49. The molecule has 1 heterocycles. The lowest BCUT2D eigenvalue weighted by Gasteiger charge is -2.06. The van der Waals surface area contributed by atoms with Crippen molar-refractivity contribution in [2.24, 2.45) is 0 Å². The van der Waals surface area contributed by atoms with Crippen molar-refractivity contribution in [1.82, 2.24) is 5.32 Å². The highest BCUT2D eigenvalue weighted by Gasteiger charge is 2.10. The maximum absolute atomic E-state index is 12.0. The number of rotatable bonds is 3. The van der Waals surface area contributed by atoms with Gasteiger partial charge in [0.2, 0.25) is 0 Å². The monoisotopic (exact) mass is 307 g/mol. The number of hydrogen-bond donors (Lipinski definition) is 1. The Bertz CT molecular complexity index is 575. The lowest BCUT2D eigenvalue weighted by atomic mass is 10.1. The highest BCUT2D eigenvalue weighted by molar-refractivity contribution is 9.10. The van der Waals surface area contributed by atoms with Crippen LogP contribution in [0.25, 0.3) is 0 Å². The predicted octanol–water partition coefficient (Wildman–Crippen LogP) is 3.59. The van der Waals surface area contributed by atoms with Crippen molar-refractivity contribution >= 4 is 21.8 Å². The fourth-order valence-corrected chi connectivity index (χ4v) is 2.08. The van der Waals surface area contributed by atoms with E-state index in [2.05, 4.69) is 21.2 Å². The molecule has 0 bridgehead atoms. The van der Waals surface area contributed by atoms with Crippen LogP contribution in [-0.4, -0.2) is 5.91 Å². The number of nitrogens with one attached hydrogen (secondary N) is 1. The van der Waals surface area contributed by atoms with Gasteiger partial charge in [-0.15, -0.1) is 0 Å². The van der Waals surface area contributed by atoms with Gasteiger partial charge in [0.05, 0.1) is 12.1 Å². The summed E-state index contributed by atoms with van der Waals surface area (Å²) in [6.07, 6.45) is 0. The van der Waals surface area contributed by atoms with Crippen LogP contribution in [-0.2, 0) is 6.54 Å². The first-order chi connectivity index (χ1) is 8.56. The molecule has 1 aromatic carbocycles. The zero-order valence-electron chi connectivity index (χ0n) is 10.3. The number of amides is 1. The van der Waals surface area contributed by atoms with Crippen molar-refractivity contribution in [2.45, 2.75) is 20.4 Å². The molecular formula is C14H14BrNO2. The second-order valence-corrected chi connectivity index (χ2v) is 5.03. The second-order valence-electron chi connectivity index (χ2n) is 4.18. The minimum absolute atomic E-state index is 0.111. The van der Waals surface area contributed by atoms with E-state index in [0.29, 0.717) is 12.1 Å². The molecule has 0 aliphatic rings. The van der Waals surface area contributed by atoms with E-state index in [-0.39, 0.29) is 5.91 Å². The van der Waals surface area contributed by atoms with Gasteiger partial charge in [-0.1, -0.05) is 11.6 Å². The van der Waals surface area contributed by atoms with Crippen LogP contribution in [0, 0.1) is 13.8 Å². The van der Waals surface area contributed by atoms with Crippen LogP contribution in [0.1, 0.15) is 27.4 Å². The molecule has 1 amide bonds. The van der Waals surface area contributed by atoms with Gasteiger partial charge in [-0.05, 0) is 54.0 Å². The Morgan fingerprint density at radius 3 is 2.72 bits per heavy atom. The molecule has 4 heteroatoms. The summed E-state index contributed by atoms with van der Waals surface area (Å²) in [7, 11) is 0. The maximum atomic E-state index is 12.0. The fourth-order valence-electron chi connectivity index (χ4n) is 1.66. The minimum atomic E-state index is -0.111. The third-order valence-electron chi connectivity index (χ3n) is 2.59. The summed E-state index contributed by atoms with van der Waals surface area (Å²) in [6.45, 7) is 4.23. The molecule has 0 saturated heterocycles. The zero-order chi connectivity index (χ0) is 13.1. The number of carbonyl (C=O) groups excluding carboxylic acids is 1. The lowest BCUT2D eigenvalue weighted by molar-refractivity contribution is 0.0947. The van der Waals surface area contributed by atoms with E-state index < -0.39 is 0 Å². The summed E-state index contributed by atoms with van der Waals surface area (Å²) in [5, 5.41) is 2.83. The SMILES string of the molecule is Cc1ccc(Br)c(C(=O)NCc2ccc(C)o2)c1. The van der Waals surface area contributed by atoms with Crippen molar-refractivity contribution in [1.29, 1.82) is 0 Å². The summed E-state index contributed by atoms with van der Waals surface area (Å²) in [5.41, 5.74) is 1.69. The first-order valence-electron chi connectivity index (χ1n) is 5.66. The van der Waals surface area contributed by atoms with E-state index in [1.807, 2.05) is 44.2 Å². The molecule has 0 fully saturated rings. The minimum Gasteiger partial charge on any atom is -0.465 e. The molecule has 1 N–H and O–H groups in total. The van der Waals surface area contributed by atoms with Gasteiger partial charge >= 0.3 is 0 Å².